The standard InChI is InChI=1S/C24H31N3O2/c28-23-13-11-22(12-14-23)27(21-9-5-2-6-10-21)24(29)19-25-15-17-26(18-16-25)20-7-3-1-4-8-20/h2,5-6,9-14,20,28H,1,3-4,7-8,15-19H2. The van der Waals surface area contributed by atoms with Crippen molar-refractivity contribution in [2.75, 3.05) is 37.6 Å². The highest BCUT2D eigenvalue weighted by atomic mass is 16.3. The van der Waals surface area contributed by atoms with Gasteiger partial charge in [-0.1, -0.05) is 37.5 Å². The third-order valence-electron chi connectivity index (χ3n) is 6.23. The van der Waals surface area contributed by atoms with Crippen molar-refractivity contribution in [3.63, 3.8) is 0 Å². The number of phenolic OH excluding ortho intramolecular Hbond substituents is 1. The first-order valence-corrected chi connectivity index (χ1v) is 10.8. The molecule has 4 rings (SSSR count). The minimum atomic E-state index is 0.0630. The summed E-state index contributed by atoms with van der Waals surface area (Å²) in [6, 6.07) is 17.3. The predicted octanol–water partition coefficient (Wildman–Crippen LogP) is 4.01. The number of carbonyl (C=O) groups excluding carboxylic acids is 1. The second-order valence-electron chi connectivity index (χ2n) is 8.19. The number of piperazine rings is 1. The second kappa shape index (κ2) is 9.42. The Morgan fingerprint density at radius 1 is 0.862 bits per heavy atom. The Bertz CT molecular complexity index is 780. The number of nitrogens with zero attached hydrogens (tertiary/aromatic N) is 3. The van der Waals surface area contributed by atoms with Crippen LogP contribution >= 0.6 is 0 Å². The van der Waals surface area contributed by atoms with E-state index in [-0.39, 0.29) is 11.7 Å². The Balaban J connectivity index is 1.41. The molecule has 0 aromatic heterocycles. The maximum absolute atomic E-state index is 13.3. The number of amides is 1. The number of rotatable bonds is 5. The van der Waals surface area contributed by atoms with E-state index in [1.165, 1.54) is 32.1 Å². The SMILES string of the molecule is O=C(CN1CCN(C2CCCCC2)CC1)N(c1ccccc1)c1ccc(O)cc1. The quantitative estimate of drug-likeness (QED) is 0.834. The van der Waals surface area contributed by atoms with Crippen molar-refractivity contribution >= 4 is 17.3 Å². The van der Waals surface area contributed by atoms with Crippen LogP contribution in [0.25, 0.3) is 0 Å². The van der Waals surface area contributed by atoms with E-state index in [1.807, 2.05) is 30.3 Å². The smallest absolute Gasteiger partial charge is 0.245 e. The van der Waals surface area contributed by atoms with Crippen LogP contribution in [-0.2, 0) is 4.79 Å². The number of anilines is 2. The van der Waals surface area contributed by atoms with Gasteiger partial charge in [0.05, 0.1) is 6.54 Å². The molecule has 5 nitrogen and oxygen atoms in total. The van der Waals surface area contributed by atoms with Crippen LogP contribution in [0.3, 0.4) is 0 Å². The van der Waals surface area contributed by atoms with Crippen molar-refractivity contribution in [1.82, 2.24) is 9.80 Å². The lowest BCUT2D eigenvalue weighted by atomic mass is 9.94. The van der Waals surface area contributed by atoms with Crippen LogP contribution in [0.15, 0.2) is 54.6 Å². The van der Waals surface area contributed by atoms with E-state index in [1.54, 1.807) is 29.2 Å². The van der Waals surface area contributed by atoms with Crippen molar-refractivity contribution in [3.8, 4) is 5.75 Å². The van der Waals surface area contributed by atoms with Crippen LogP contribution in [0, 0.1) is 0 Å². The summed E-state index contributed by atoms with van der Waals surface area (Å²) >= 11 is 0. The molecule has 2 aliphatic rings. The molecule has 1 saturated carbocycles. The average Bonchev–Trinajstić information content (AvgIpc) is 2.77. The third kappa shape index (κ3) is 4.98. The molecule has 0 spiro atoms. The molecule has 2 aromatic carbocycles. The molecule has 2 fully saturated rings. The lowest BCUT2D eigenvalue weighted by molar-refractivity contribution is -0.119. The molecule has 1 aliphatic carbocycles. The van der Waals surface area contributed by atoms with Gasteiger partial charge in [-0.3, -0.25) is 19.5 Å². The Morgan fingerprint density at radius 2 is 1.48 bits per heavy atom. The highest BCUT2D eigenvalue weighted by Gasteiger charge is 2.27. The van der Waals surface area contributed by atoms with Crippen molar-refractivity contribution < 1.29 is 9.90 Å². The van der Waals surface area contributed by atoms with Gasteiger partial charge >= 0.3 is 0 Å². The van der Waals surface area contributed by atoms with Gasteiger partial charge in [0.1, 0.15) is 5.75 Å². The number of hydrogen-bond donors (Lipinski definition) is 1. The topological polar surface area (TPSA) is 47.0 Å². The summed E-state index contributed by atoms with van der Waals surface area (Å²) in [7, 11) is 0. The largest absolute Gasteiger partial charge is 0.508 e. The first kappa shape index (κ1) is 19.9. The molecule has 29 heavy (non-hydrogen) atoms. The van der Waals surface area contributed by atoms with Crippen molar-refractivity contribution in [2.24, 2.45) is 0 Å². The van der Waals surface area contributed by atoms with E-state index >= 15 is 0 Å². The zero-order valence-electron chi connectivity index (χ0n) is 17.0. The average molecular weight is 394 g/mol. The van der Waals surface area contributed by atoms with E-state index in [2.05, 4.69) is 9.80 Å². The monoisotopic (exact) mass is 393 g/mol. The fourth-order valence-corrected chi connectivity index (χ4v) is 4.61. The normalized spacial score (nSPS) is 19.2. The summed E-state index contributed by atoms with van der Waals surface area (Å²) < 4.78 is 0. The Labute approximate surface area is 173 Å². The summed E-state index contributed by atoms with van der Waals surface area (Å²) in [6.07, 6.45) is 6.78. The number of para-hydroxylation sites is 1. The lowest BCUT2D eigenvalue weighted by Crippen LogP contribution is -2.52. The molecule has 0 radical (unpaired) electrons. The maximum atomic E-state index is 13.3. The zero-order chi connectivity index (χ0) is 20.1. The van der Waals surface area contributed by atoms with E-state index < -0.39 is 0 Å². The number of aromatic hydroxyl groups is 1. The predicted molar refractivity (Wildman–Crippen MR) is 117 cm³/mol. The van der Waals surface area contributed by atoms with Gasteiger partial charge in [0.25, 0.3) is 0 Å². The third-order valence-corrected chi connectivity index (χ3v) is 6.23. The molecule has 1 N–H and O–H groups in total. The van der Waals surface area contributed by atoms with Gasteiger partial charge in [0.15, 0.2) is 0 Å². The van der Waals surface area contributed by atoms with Crippen LogP contribution in [0.4, 0.5) is 11.4 Å². The van der Waals surface area contributed by atoms with Crippen LogP contribution in [0.2, 0.25) is 0 Å². The van der Waals surface area contributed by atoms with Crippen LogP contribution < -0.4 is 4.90 Å². The van der Waals surface area contributed by atoms with Gasteiger partial charge in [-0.2, -0.15) is 0 Å². The van der Waals surface area contributed by atoms with Crippen LogP contribution in [0.5, 0.6) is 5.75 Å². The zero-order valence-corrected chi connectivity index (χ0v) is 17.0. The van der Waals surface area contributed by atoms with E-state index in [9.17, 15) is 9.90 Å². The molecule has 1 heterocycles. The van der Waals surface area contributed by atoms with Gasteiger partial charge in [0.2, 0.25) is 5.91 Å². The summed E-state index contributed by atoms with van der Waals surface area (Å²) in [6.45, 7) is 4.42. The molecule has 1 aliphatic heterocycles. The minimum absolute atomic E-state index is 0.0630. The molecule has 5 heteroatoms. The van der Waals surface area contributed by atoms with Crippen LogP contribution in [-0.4, -0.2) is 59.6 Å². The Morgan fingerprint density at radius 3 is 2.14 bits per heavy atom. The number of hydrogen-bond acceptors (Lipinski definition) is 4. The molecular formula is C24H31N3O2. The summed E-state index contributed by atoms with van der Waals surface area (Å²) in [5.41, 5.74) is 1.63. The molecule has 154 valence electrons. The van der Waals surface area contributed by atoms with Gasteiger partial charge in [-0.05, 0) is 49.2 Å². The first-order valence-electron chi connectivity index (χ1n) is 10.8. The molecule has 2 aromatic rings. The van der Waals surface area contributed by atoms with E-state index in [4.69, 9.17) is 0 Å². The van der Waals surface area contributed by atoms with Gasteiger partial charge in [-0.15, -0.1) is 0 Å². The highest BCUT2D eigenvalue weighted by Crippen LogP contribution is 2.28. The molecule has 1 saturated heterocycles. The first-order chi connectivity index (χ1) is 14.2. The molecule has 0 bridgehead atoms. The Hall–Kier alpha value is -2.37. The minimum Gasteiger partial charge on any atom is -0.508 e. The van der Waals surface area contributed by atoms with Gasteiger partial charge in [0, 0.05) is 43.6 Å². The molecule has 0 unspecified atom stereocenters. The number of benzene rings is 2. The maximum Gasteiger partial charge on any atom is 0.245 e. The van der Waals surface area contributed by atoms with E-state index in [0.29, 0.717) is 6.54 Å². The fourth-order valence-electron chi connectivity index (χ4n) is 4.61. The molecular weight excluding hydrogens is 362 g/mol. The fraction of sp³-hybridized carbons (Fsp3) is 0.458. The van der Waals surface area contributed by atoms with Crippen molar-refractivity contribution in [3.05, 3.63) is 54.6 Å². The van der Waals surface area contributed by atoms with Gasteiger partial charge in [-0.25, -0.2) is 0 Å². The summed E-state index contributed by atoms with van der Waals surface area (Å²) in [5, 5.41) is 9.62. The van der Waals surface area contributed by atoms with Crippen molar-refractivity contribution in [1.29, 1.82) is 0 Å². The molecule has 1 amide bonds. The summed E-state index contributed by atoms with van der Waals surface area (Å²) in [4.78, 5) is 20.0. The number of carbonyl (C=O) groups is 1. The Kier molecular flexibility index (Phi) is 6.47. The van der Waals surface area contributed by atoms with Crippen molar-refractivity contribution in [2.45, 2.75) is 38.1 Å². The van der Waals surface area contributed by atoms with Crippen LogP contribution in [0.1, 0.15) is 32.1 Å². The second-order valence-corrected chi connectivity index (χ2v) is 8.19. The molecule has 0 atom stereocenters. The highest BCUT2D eigenvalue weighted by molar-refractivity contribution is 6.01. The summed E-state index contributed by atoms with van der Waals surface area (Å²) in [5.74, 6) is 0.265. The van der Waals surface area contributed by atoms with Gasteiger partial charge < -0.3 is 5.11 Å². The number of phenols is 1. The lowest BCUT2D eigenvalue weighted by Gasteiger charge is -2.41. The van der Waals surface area contributed by atoms with E-state index in [0.717, 1.165) is 43.6 Å².